The third-order valence-electron chi connectivity index (χ3n) is 6.31. The number of carbonyl (C=O) groups excluding carboxylic acids is 1. The van der Waals surface area contributed by atoms with Crippen molar-refractivity contribution >= 4 is 27.0 Å². The number of hydrogen-bond acceptors (Lipinski definition) is 8. The molecule has 0 spiro atoms. The first-order valence-corrected chi connectivity index (χ1v) is 12.3. The lowest BCUT2D eigenvalue weighted by molar-refractivity contribution is -0.139. The molecule has 0 saturated heterocycles. The number of ether oxygens (including phenoxy) is 2. The summed E-state index contributed by atoms with van der Waals surface area (Å²) in [5.74, 6) is -0.440. The maximum atomic E-state index is 13.4. The average molecular weight is 502 g/mol. The van der Waals surface area contributed by atoms with Gasteiger partial charge in [-0.3, -0.25) is 4.79 Å². The van der Waals surface area contributed by atoms with Gasteiger partial charge in [-0.15, -0.1) is 0 Å². The number of fused-ring (bicyclic) bond motifs is 2. The molecule has 35 heavy (non-hydrogen) atoms. The molecule has 3 aliphatic heterocycles. The quantitative estimate of drug-likeness (QED) is 0.537. The molecule has 1 unspecified atom stereocenters. The molecule has 10 nitrogen and oxygen atoms in total. The van der Waals surface area contributed by atoms with Gasteiger partial charge in [-0.2, -0.15) is 4.31 Å². The Morgan fingerprint density at radius 1 is 1.09 bits per heavy atom. The van der Waals surface area contributed by atoms with Crippen LogP contribution in [0.3, 0.4) is 0 Å². The Labute approximate surface area is 207 Å². The number of aliphatic hydroxyl groups excluding tert-OH is 1. The van der Waals surface area contributed by atoms with Crippen LogP contribution in [0.2, 0.25) is 0 Å². The number of carbonyl (C=O) groups is 1. The van der Waals surface area contributed by atoms with Gasteiger partial charge in [0, 0.05) is 44.7 Å². The summed E-state index contributed by atoms with van der Waals surface area (Å²) >= 11 is 0. The minimum Gasteiger partial charge on any atom is -0.486 e. The predicted octanol–water partition coefficient (Wildman–Crippen LogP) is 1.78. The number of rotatable bonds is 4. The highest BCUT2D eigenvalue weighted by molar-refractivity contribution is 7.89. The van der Waals surface area contributed by atoms with E-state index in [4.69, 9.17) is 19.4 Å². The van der Waals surface area contributed by atoms with Crippen LogP contribution in [0.1, 0.15) is 23.0 Å². The molecule has 3 aromatic rings. The van der Waals surface area contributed by atoms with Crippen molar-refractivity contribution in [2.45, 2.75) is 17.9 Å². The van der Waals surface area contributed by atoms with Gasteiger partial charge in [-0.05, 0) is 29.3 Å². The summed E-state index contributed by atoms with van der Waals surface area (Å²) in [5, 5.41) is 10.8. The number of amides is 1. The van der Waals surface area contributed by atoms with Gasteiger partial charge in [-0.25, -0.2) is 13.4 Å². The average Bonchev–Trinajstić information content (AvgIpc) is 3.55. The Balaban J connectivity index is 1.15. The number of oxazole rings is 1. The molecule has 3 aliphatic rings. The molecule has 1 aromatic heterocycles. The summed E-state index contributed by atoms with van der Waals surface area (Å²) in [6, 6.07) is 8.57. The molecule has 0 aliphatic carbocycles. The number of nitrogens with zero attached hydrogens (tertiary/aromatic N) is 3. The second-order valence-electron chi connectivity index (χ2n) is 8.52. The normalized spacial score (nSPS) is 23.4. The Hall–Kier alpha value is -3.41. The van der Waals surface area contributed by atoms with Crippen LogP contribution in [-0.2, 0) is 14.8 Å². The highest BCUT2D eigenvalue weighted by atomic mass is 32.2. The van der Waals surface area contributed by atoms with Crippen molar-refractivity contribution in [3.8, 4) is 11.5 Å². The minimum absolute atomic E-state index is 0.0490. The topological polar surface area (TPSA) is 122 Å². The fraction of sp³-hybridized carbons (Fsp3) is 0.333. The lowest BCUT2D eigenvalue weighted by Gasteiger charge is -2.25. The number of aryl methyl sites for hydroxylation is 1. The van der Waals surface area contributed by atoms with Gasteiger partial charge in [0.2, 0.25) is 10.0 Å². The van der Waals surface area contributed by atoms with Crippen molar-refractivity contribution < 1.29 is 37.7 Å². The van der Waals surface area contributed by atoms with E-state index in [0.29, 0.717) is 22.6 Å². The van der Waals surface area contributed by atoms with Crippen molar-refractivity contribution in [2.24, 2.45) is 0 Å². The zero-order chi connectivity index (χ0) is 27.9. The standard InChI is InChI=1S/C24H23N3O7S/c1-14-25-22-18(3-2-4-20(22)34-14)23(28)24(29)26-10-15-12-27(13-16(15)11-26)35(30,31)17-5-6-19-21(9-17)33-8-7-32-19/h2-6,9,23,28H,7-8,10-13H2,1H3/i7D2,8D2. The lowest BCUT2D eigenvalue weighted by atomic mass is 10.1. The molecule has 1 atom stereocenters. The first-order chi connectivity index (χ1) is 18.3. The van der Waals surface area contributed by atoms with Gasteiger partial charge in [-0.1, -0.05) is 12.1 Å². The van der Waals surface area contributed by atoms with Gasteiger partial charge in [0.05, 0.1) is 10.4 Å². The summed E-state index contributed by atoms with van der Waals surface area (Å²) < 4.78 is 74.4. The van der Waals surface area contributed by atoms with E-state index < -0.39 is 35.2 Å². The van der Waals surface area contributed by atoms with E-state index in [-0.39, 0.29) is 42.6 Å². The summed E-state index contributed by atoms with van der Waals surface area (Å²) in [6.07, 6.45) is -1.46. The summed E-state index contributed by atoms with van der Waals surface area (Å²) in [6.45, 7) is -3.46. The Morgan fingerprint density at radius 2 is 1.80 bits per heavy atom. The van der Waals surface area contributed by atoms with Crippen LogP contribution in [0, 0.1) is 6.92 Å². The third kappa shape index (κ3) is 3.67. The molecular weight excluding hydrogens is 474 g/mol. The first-order valence-electron chi connectivity index (χ1n) is 12.8. The molecule has 1 N–H and O–H groups in total. The molecule has 0 bridgehead atoms. The van der Waals surface area contributed by atoms with Gasteiger partial charge in [0.1, 0.15) is 18.6 Å². The first kappa shape index (κ1) is 17.9. The molecule has 11 heteroatoms. The maximum absolute atomic E-state index is 13.4. The lowest BCUT2D eigenvalue weighted by Crippen LogP contribution is -2.38. The largest absolute Gasteiger partial charge is 0.486 e. The number of benzene rings is 2. The van der Waals surface area contributed by atoms with Crippen LogP contribution in [0.25, 0.3) is 11.1 Å². The number of para-hydroxylation sites is 1. The second kappa shape index (κ2) is 8.08. The van der Waals surface area contributed by atoms with Crippen molar-refractivity contribution in [1.82, 2.24) is 14.2 Å². The number of sulfonamides is 1. The zero-order valence-electron chi connectivity index (χ0n) is 22.5. The highest BCUT2D eigenvalue weighted by Crippen LogP contribution is 2.36. The van der Waals surface area contributed by atoms with Crippen molar-refractivity contribution in [2.75, 3.05) is 39.3 Å². The van der Waals surface area contributed by atoms with Crippen molar-refractivity contribution in [3.63, 3.8) is 0 Å². The van der Waals surface area contributed by atoms with E-state index in [1.807, 2.05) is 0 Å². The van der Waals surface area contributed by atoms with Crippen LogP contribution in [-0.4, -0.2) is 72.9 Å². The van der Waals surface area contributed by atoms with E-state index >= 15 is 0 Å². The molecule has 4 heterocycles. The molecule has 0 radical (unpaired) electrons. The highest BCUT2D eigenvalue weighted by Gasteiger charge is 2.39. The second-order valence-corrected chi connectivity index (χ2v) is 10.5. The zero-order valence-corrected chi connectivity index (χ0v) is 19.3. The summed E-state index contributed by atoms with van der Waals surface area (Å²) in [5.41, 5.74) is 2.74. The van der Waals surface area contributed by atoms with Crippen LogP contribution >= 0.6 is 0 Å². The van der Waals surface area contributed by atoms with E-state index in [9.17, 15) is 18.3 Å². The fourth-order valence-electron chi connectivity index (χ4n) is 4.59. The maximum Gasteiger partial charge on any atom is 0.256 e. The molecule has 182 valence electrons. The Bertz CT molecular complexity index is 1650. The molecule has 0 saturated carbocycles. The number of hydrogen-bond donors (Lipinski definition) is 1. The summed E-state index contributed by atoms with van der Waals surface area (Å²) in [4.78, 5) is 18.7. The molecule has 0 fully saturated rings. The Kier molecular flexibility index (Phi) is 4.14. The van der Waals surface area contributed by atoms with Gasteiger partial charge < -0.3 is 23.9 Å². The van der Waals surface area contributed by atoms with Gasteiger partial charge in [0.25, 0.3) is 5.91 Å². The van der Waals surface area contributed by atoms with E-state index in [0.717, 1.165) is 17.2 Å². The van der Waals surface area contributed by atoms with Crippen molar-refractivity contribution in [1.29, 1.82) is 0 Å². The third-order valence-corrected chi connectivity index (χ3v) is 8.10. The monoisotopic (exact) mass is 501 g/mol. The van der Waals surface area contributed by atoms with Crippen LogP contribution in [0.4, 0.5) is 0 Å². The van der Waals surface area contributed by atoms with E-state index in [1.54, 1.807) is 25.1 Å². The van der Waals surface area contributed by atoms with Crippen LogP contribution in [0.5, 0.6) is 11.5 Å². The molecule has 2 aromatic carbocycles. The van der Waals surface area contributed by atoms with E-state index in [2.05, 4.69) is 4.98 Å². The van der Waals surface area contributed by atoms with E-state index in [1.165, 1.54) is 21.3 Å². The minimum atomic E-state index is -4.03. The SMILES string of the molecule is [2H]C1([2H])Oc2ccc(S(=O)(=O)N3CC4=C(CN(C(=O)C(O)c5cccc6oc(C)nc56)C4)C3)cc2OC1([2H])[2H]. The smallest absolute Gasteiger partial charge is 0.256 e. The number of aromatic nitrogens is 1. The van der Waals surface area contributed by atoms with Gasteiger partial charge in [0.15, 0.2) is 29.1 Å². The number of aliphatic hydroxyl groups is 1. The van der Waals surface area contributed by atoms with Gasteiger partial charge >= 0.3 is 0 Å². The molecule has 1 amide bonds. The fourth-order valence-corrected chi connectivity index (χ4v) is 6.04. The Morgan fingerprint density at radius 3 is 2.54 bits per heavy atom. The van der Waals surface area contributed by atoms with Crippen molar-refractivity contribution in [3.05, 3.63) is 59.0 Å². The molecular formula is C24H23N3O7S. The predicted molar refractivity (Wildman–Crippen MR) is 124 cm³/mol. The van der Waals surface area contributed by atoms with Crippen LogP contribution in [0.15, 0.2) is 56.9 Å². The van der Waals surface area contributed by atoms with Crippen LogP contribution < -0.4 is 9.47 Å². The molecule has 6 rings (SSSR count). The summed E-state index contributed by atoms with van der Waals surface area (Å²) in [7, 11) is -4.03.